The van der Waals surface area contributed by atoms with E-state index in [0.717, 1.165) is 96.3 Å². The molecule has 0 bridgehead atoms. The minimum absolute atomic E-state index is 0.120. The van der Waals surface area contributed by atoms with Crippen LogP contribution in [0.15, 0.2) is 122 Å². The summed E-state index contributed by atoms with van der Waals surface area (Å²) in [6, 6.07) is 0. The molecule has 378 valence electrons. The third-order valence-corrected chi connectivity index (χ3v) is 10.9. The third-order valence-electron chi connectivity index (χ3n) is 10.9. The Kier molecular flexibility index (Phi) is 51.0. The summed E-state index contributed by atoms with van der Waals surface area (Å²) in [5.74, 6) is -1.03. The normalized spacial score (nSPS) is 13.1. The molecule has 67 heavy (non-hydrogen) atoms. The lowest BCUT2D eigenvalue weighted by Gasteiger charge is -2.18. The highest BCUT2D eigenvalue weighted by molar-refractivity contribution is 5.71. The van der Waals surface area contributed by atoms with Crippen molar-refractivity contribution in [3.63, 3.8) is 0 Å². The van der Waals surface area contributed by atoms with Crippen LogP contribution >= 0.6 is 0 Å². The first-order chi connectivity index (χ1) is 33.0. The molecule has 0 aliphatic rings. The number of carbonyl (C=O) groups is 3. The predicted octanol–water partition coefficient (Wildman–Crippen LogP) is 18.1. The van der Waals surface area contributed by atoms with Gasteiger partial charge in [0.2, 0.25) is 0 Å². The first-order valence-electron chi connectivity index (χ1n) is 27.0. The Balaban J connectivity index is 4.57. The van der Waals surface area contributed by atoms with Crippen LogP contribution in [0.25, 0.3) is 0 Å². The second kappa shape index (κ2) is 54.4. The van der Waals surface area contributed by atoms with E-state index in [1.54, 1.807) is 0 Å². The van der Waals surface area contributed by atoms with E-state index in [1.807, 2.05) is 0 Å². The van der Waals surface area contributed by atoms with Crippen molar-refractivity contribution in [2.75, 3.05) is 13.2 Å². The molecule has 0 fully saturated rings. The topological polar surface area (TPSA) is 78.9 Å². The molecular weight excluding hydrogens is 829 g/mol. The van der Waals surface area contributed by atoms with Crippen molar-refractivity contribution in [3.05, 3.63) is 122 Å². The maximum Gasteiger partial charge on any atom is 0.306 e. The molecule has 0 aromatic carbocycles. The number of ether oxygens (including phenoxy) is 3. The highest BCUT2D eigenvalue weighted by Gasteiger charge is 2.19. The fourth-order valence-corrected chi connectivity index (χ4v) is 6.87. The Morgan fingerprint density at radius 3 is 0.985 bits per heavy atom. The van der Waals surface area contributed by atoms with Gasteiger partial charge in [0.05, 0.1) is 0 Å². The van der Waals surface area contributed by atoms with Crippen LogP contribution in [0.5, 0.6) is 0 Å². The van der Waals surface area contributed by atoms with Crippen molar-refractivity contribution >= 4 is 17.9 Å². The number of hydrogen-bond donors (Lipinski definition) is 0. The van der Waals surface area contributed by atoms with Gasteiger partial charge in [0.15, 0.2) is 6.10 Å². The van der Waals surface area contributed by atoms with Crippen LogP contribution in [-0.4, -0.2) is 37.2 Å². The molecule has 0 unspecified atom stereocenters. The van der Waals surface area contributed by atoms with Crippen molar-refractivity contribution in [2.45, 2.75) is 232 Å². The van der Waals surface area contributed by atoms with Gasteiger partial charge in [-0.15, -0.1) is 0 Å². The largest absolute Gasteiger partial charge is 0.462 e. The summed E-state index contributed by atoms with van der Waals surface area (Å²) in [6.45, 7) is 6.37. The van der Waals surface area contributed by atoms with Crippen LogP contribution in [0.4, 0.5) is 0 Å². The molecule has 0 rings (SSSR count). The lowest BCUT2D eigenvalue weighted by molar-refractivity contribution is -0.167. The van der Waals surface area contributed by atoms with Crippen LogP contribution in [0, 0.1) is 0 Å². The van der Waals surface area contributed by atoms with E-state index in [-0.39, 0.29) is 37.5 Å². The predicted molar refractivity (Wildman–Crippen MR) is 288 cm³/mol. The fourth-order valence-electron chi connectivity index (χ4n) is 6.87. The Bertz CT molecular complexity index is 1440. The minimum Gasteiger partial charge on any atom is -0.462 e. The zero-order valence-electron chi connectivity index (χ0n) is 43.1. The highest BCUT2D eigenvalue weighted by atomic mass is 16.6. The van der Waals surface area contributed by atoms with Gasteiger partial charge in [0.1, 0.15) is 13.2 Å². The maximum absolute atomic E-state index is 12.8. The quantitative estimate of drug-likeness (QED) is 0.0262. The van der Waals surface area contributed by atoms with Gasteiger partial charge < -0.3 is 14.2 Å². The third kappa shape index (κ3) is 52.6. The number of hydrogen-bond acceptors (Lipinski definition) is 6. The van der Waals surface area contributed by atoms with Gasteiger partial charge in [-0.25, -0.2) is 0 Å². The van der Waals surface area contributed by atoms with Crippen molar-refractivity contribution in [3.8, 4) is 0 Å². The molecule has 0 aromatic heterocycles. The van der Waals surface area contributed by atoms with E-state index in [1.165, 1.54) is 77.0 Å². The molecule has 1 atom stereocenters. The summed E-state index contributed by atoms with van der Waals surface area (Å²) < 4.78 is 16.7. The molecule has 0 amide bonds. The molecule has 6 nitrogen and oxygen atoms in total. The van der Waals surface area contributed by atoms with Crippen LogP contribution in [0.3, 0.4) is 0 Å². The molecule has 0 spiro atoms. The van der Waals surface area contributed by atoms with Crippen LogP contribution in [0.2, 0.25) is 0 Å². The summed E-state index contributed by atoms with van der Waals surface area (Å²) in [5.41, 5.74) is 0. The summed E-state index contributed by atoms with van der Waals surface area (Å²) in [6.07, 6.45) is 74.7. The van der Waals surface area contributed by atoms with Crippen molar-refractivity contribution in [1.82, 2.24) is 0 Å². The molecule has 0 aliphatic carbocycles. The monoisotopic (exact) mass is 927 g/mol. The second-order valence-corrected chi connectivity index (χ2v) is 17.4. The molecule has 6 heteroatoms. The lowest BCUT2D eigenvalue weighted by Crippen LogP contribution is -2.30. The first-order valence-corrected chi connectivity index (χ1v) is 27.0. The van der Waals surface area contributed by atoms with Crippen LogP contribution in [-0.2, 0) is 28.6 Å². The lowest BCUT2D eigenvalue weighted by atomic mass is 10.1. The molecule has 0 aromatic rings. The maximum atomic E-state index is 12.8. The van der Waals surface area contributed by atoms with Gasteiger partial charge >= 0.3 is 17.9 Å². The van der Waals surface area contributed by atoms with Gasteiger partial charge in [0, 0.05) is 19.3 Å². The van der Waals surface area contributed by atoms with Gasteiger partial charge in [-0.05, 0) is 128 Å². The molecule has 0 N–H and O–H groups in total. The number of rotatable bonds is 47. The second-order valence-electron chi connectivity index (χ2n) is 17.4. The van der Waals surface area contributed by atoms with Crippen LogP contribution in [0.1, 0.15) is 226 Å². The first kappa shape index (κ1) is 62.8. The van der Waals surface area contributed by atoms with E-state index in [0.29, 0.717) is 25.7 Å². The zero-order chi connectivity index (χ0) is 48.6. The van der Waals surface area contributed by atoms with Crippen molar-refractivity contribution < 1.29 is 28.6 Å². The van der Waals surface area contributed by atoms with Crippen molar-refractivity contribution in [1.29, 1.82) is 0 Å². The molecule has 0 aliphatic heterocycles. The van der Waals surface area contributed by atoms with Gasteiger partial charge in [-0.2, -0.15) is 0 Å². The average molecular weight is 927 g/mol. The van der Waals surface area contributed by atoms with Crippen molar-refractivity contribution in [2.24, 2.45) is 0 Å². The summed E-state index contributed by atoms with van der Waals surface area (Å²) in [5, 5.41) is 0. The number of allylic oxidation sites excluding steroid dienone is 20. The SMILES string of the molecule is CC/C=C\C/C=C\C/C=C\C/C=C\C/C=C\CCCC(=O)O[C@@H](COC(=O)CCCC/C=C\C/C=C\C/C=C\CCCCC)COC(=O)CCCCCCCCC/C=C\C/C=C\CCCCC. The molecule has 0 radical (unpaired) electrons. The Labute approximate surface area is 412 Å². The van der Waals surface area contributed by atoms with Gasteiger partial charge in [-0.3, -0.25) is 14.4 Å². The Morgan fingerprint density at radius 2 is 0.597 bits per heavy atom. The van der Waals surface area contributed by atoms with E-state index < -0.39 is 6.10 Å². The van der Waals surface area contributed by atoms with E-state index in [9.17, 15) is 14.4 Å². The highest BCUT2D eigenvalue weighted by Crippen LogP contribution is 2.12. The minimum atomic E-state index is -0.830. The number of esters is 3. The Morgan fingerprint density at radius 1 is 0.313 bits per heavy atom. The molecular formula is C61H98O6. The van der Waals surface area contributed by atoms with E-state index in [4.69, 9.17) is 14.2 Å². The van der Waals surface area contributed by atoms with Gasteiger partial charge in [0.25, 0.3) is 0 Å². The average Bonchev–Trinajstić information content (AvgIpc) is 3.33. The summed E-state index contributed by atoms with van der Waals surface area (Å²) >= 11 is 0. The number of carbonyl (C=O) groups excluding carboxylic acids is 3. The molecule has 0 saturated carbocycles. The van der Waals surface area contributed by atoms with Crippen LogP contribution < -0.4 is 0 Å². The Hall–Kier alpha value is -4.19. The standard InChI is InChI=1S/C61H98O6/c1-4-7-10-13-16-19-22-25-28-30-33-36-39-42-45-48-51-54-60(63)66-57-58(56-65-59(62)53-50-47-44-41-38-35-32-27-24-21-18-15-12-9-6-3)67-61(64)55-52-49-46-43-40-37-34-31-29-26-23-20-17-14-11-8-5-2/h8,11,16-21,25-29,32,34,37-38,41,43,46,58H,4-7,9-10,12-15,22-24,30-31,33,35-36,39-40,42,44-45,47-57H2,1-3H3/b11-8-,19-16-,20-17-,21-18-,28-25-,29-26-,32-27-,37-34-,41-38-,46-43-/t58-/m0/s1. The fraction of sp³-hybridized carbons (Fsp3) is 0.623. The van der Waals surface area contributed by atoms with E-state index in [2.05, 4.69) is 142 Å². The zero-order valence-corrected chi connectivity index (χ0v) is 43.1. The number of unbranched alkanes of at least 4 members (excludes halogenated alkanes) is 16. The summed E-state index contributed by atoms with van der Waals surface area (Å²) in [7, 11) is 0. The molecule has 0 saturated heterocycles. The van der Waals surface area contributed by atoms with E-state index >= 15 is 0 Å². The smallest absolute Gasteiger partial charge is 0.306 e. The molecule has 0 heterocycles. The summed E-state index contributed by atoms with van der Waals surface area (Å²) in [4.78, 5) is 38.0. The van der Waals surface area contributed by atoms with Gasteiger partial charge in [-0.1, -0.05) is 200 Å².